The number of benzene rings is 1. The van der Waals surface area contributed by atoms with Crippen LogP contribution in [0.4, 0.5) is 0 Å². The molecule has 0 N–H and O–H groups in total. The van der Waals surface area contributed by atoms with Crippen LogP contribution in [0.3, 0.4) is 0 Å². The third kappa shape index (κ3) is 3.70. The molecule has 1 aromatic carbocycles. The topological polar surface area (TPSA) is 3.24 Å². The second kappa shape index (κ2) is 6.21. The van der Waals surface area contributed by atoms with E-state index in [2.05, 4.69) is 52.0 Å². The first-order valence-electron chi connectivity index (χ1n) is 6.30. The lowest BCUT2D eigenvalue weighted by Gasteiger charge is -2.34. The highest BCUT2D eigenvalue weighted by Crippen LogP contribution is 2.26. The molecule has 17 heavy (non-hydrogen) atoms. The molecular formula is C14H19BrClN. The van der Waals surface area contributed by atoms with E-state index in [0.717, 1.165) is 11.0 Å². The fourth-order valence-corrected chi connectivity index (χ4v) is 3.00. The van der Waals surface area contributed by atoms with Gasteiger partial charge in [0.15, 0.2) is 0 Å². The lowest BCUT2D eigenvalue weighted by Crippen LogP contribution is -2.39. The molecule has 0 radical (unpaired) electrons. The van der Waals surface area contributed by atoms with Crippen molar-refractivity contribution in [3.05, 3.63) is 34.3 Å². The Morgan fingerprint density at radius 3 is 2.71 bits per heavy atom. The summed E-state index contributed by atoms with van der Waals surface area (Å²) in [5.41, 5.74) is 1.22. The first kappa shape index (κ1) is 13.4. The minimum absolute atomic E-state index is 0.101. The van der Waals surface area contributed by atoms with Crippen LogP contribution < -0.4 is 0 Å². The predicted molar refractivity (Wildman–Crippen MR) is 77.6 cm³/mol. The Labute approximate surface area is 117 Å². The first-order chi connectivity index (χ1) is 8.16. The minimum atomic E-state index is 0.101. The summed E-state index contributed by atoms with van der Waals surface area (Å²) in [5.74, 6) is 0. The Balaban J connectivity index is 1.95. The Morgan fingerprint density at radius 1 is 1.35 bits per heavy atom. The third-order valence-corrected chi connectivity index (χ3v) is 4.49. The third-order valence-electron chi connectivity index (χ3n) is 3.57. The van der Waals surface area contributed by atoms with Crippen molar-refractivity contribution in [2.45, 2.75) is 37.6 Å². The average Bonchev–Trinajstić information content (AvgIpc) is 2.33. The summed E-state index contributed by atoms with van der Waals surface area (Å²) in [5, 5.41) is 0.101. The monoisotopic (exact) mass is 315 g/mol. The van der Waals surface area contributed by atoms with Crippen molar-refractivity contribution >= 4 is 27.5 Å². The van der Waals surface area contributed by atoms with E-state index in [1.54, 1.807) is 0 Å². The zero-order chi connectivity index (χ0) is 12.3. The molecule has 1 nitrogen and oxygen atoms in total. The maximum Gasteiger partial charge on any atom is 0.0712 e. The highest BCUT2D eigenvalue weighted by Gasteiger charge is 2.21. The number of hydrogen-bond donors (Lipinski definition) is 0. The molecule has 2 unspecified atom stereocenters. The van der Waals surface area contributed by atoms with Crippen LogP contribution in [0.2, 0.25) is 0 Å². The molecule has 2 atom stereocenters. The molecule has 0 saturated carbocycles. The second-order valence-electron chi connectivity index (χ2n) is 4.86. The van der Waals surface area contributed by atoms with Crippen LogP contribution in [0.1, 0.15) is 37.1 Å². The smallest absolute Gasteiger partial charge is 0.0712 e. The molecule has 0 aromatic heterocycles. The van der Waals surface area contributed by atoms with Gasteiger partial charge in [-0.15, -0.1) is 11.6 Å². The van der Waals surface area contributed by atoms with Crippen LogP contribution in [-0.4, -0.2) is 24.0 Å². The molecule has 0 aliphatic carbocycles. The van der Waals surface area contributed by atoms with Crippen molar-refractivity contribution < 1.29 is 0 Å². The molecular weight excluding hydrogens is 298 g/mol. The van der Waals surface area contributed by atoms with Gasteiger partial charge in [-0.25, -0.2) is 0 Å². The summed E-state index contributed by atoms with van der Waals surface area (Å²) in [6.07, 6.45) is 3.99. The van der Waals surface area contributed by atoms with E-state index in [1.165, 1.54) is 31.4 Å². The Morgan fingerprint density at radius 2 is 2.06 bits per heavy atom. The van der Waals surface area contributed by atoms with Crippen molar-refractivity contribution in [1.82, 2.24) is 4.90 Å². The number of likely N-dealkylation sites (tertiary alicyclic amines) is 1. The van der Waals surface area contributed by atoms with Crippen molar-refractivity contribution in [2.24, 2.45) is 0 Å². The Hall–Kier alpha value is -0.0500. The van der Waals surface area contributed by atoms with Gasteiger partial charge in [-0.3, -0.25) is 4.90 Å². The van der Waals surface area contributed by atoms with Gasteiger partial charge in [-0.05, 0) is 44.0 Å². The Kier molecular flexibility index (Phi) is 4.89. The number of hydrogen-bond acceptors (Lipinski definition) is 1. The number of alkyl halides is 1. The summed E-state index contributed by atoms with van der Waals surface area (Å²) >= 11 is 9.95. The molecule has 1 aromatic rings. The van der Waals surface area contributed by atoms with Crippen molar-refractivity contribution in [2.75, 3.05) is 13.1 Å². The predicted octanol–water partition coefficient (Wildman–Crippen LogP) is 4.60. The summed E-state index contributed by atoms with van der Waals surface area (Å²) in [7, 11) is 0. The van der Waals surface area contributed by atoms with E-state index in [0.29, 0.717) is 6.04 Å². The molecule has 0 amide bonds. The van der Waals surface area contributed by atoms with Gasteiger partial charge in [0.05, 0.1) is 5.38 Å². The molecule has 1 heterocycles. The van der Waals surface area contributed by atoms with E-state index in [1.807, 2.05) is 0 Å². The number of halogens is 2. The molecule has 0 spiro atoms. The molecule has 2 rings (SSSR count). The highest BCUT2D eigenvalue weighted by atomic mass is 79.9. The SMILES string of the molecule is CC1CCCCN1CC(Cl)c1ccc(Br)cc1. The maximum absolute atomic E-state index is 6.50. The van der Waals surface area contributed by atoms with E-state index in [9.17, 15) is 0 Å². The van der Waals surface area contributed by atoms with Gasteiger partial charge < -0.3 is 0 Å². The van der Waals surface area contributed by atoms with Crippen LogP contribution in [0.15, 0.2) is 28.7 Å². The molecule has 3 heteroatoms. The number of rotatable bonds is 3. The summed E-state index contributed by atoms with van der Waals surface area (Å²) < 4.78 is 1.11. The van der Waals surface area contributed by atoms with E-state index >= 15 is 0 Å². The van der Waals surface area contributed by atoms with Crippen LogP contribution in [0.25, 0.3) is 0 Å². The molecule has 0 bridgehead atoms. The van der Waals surface area contributed by atoms with Gasteiger partial charge in [0.1, 0.15) is 0 Å². The summed E-state index contributed by atoms with van der Waals surface area (Å²) in [6.45, 7) is 4.47. The van der Waals surface area contributed by atoms with Gasteiger partial charge in [-0.2, -0.15) is 0 Å². The number of piperidine rings is 1. The normalized spacial score (nSPS) is 23.6. The maximum atomic E-state index is 6.50. The summed E-state index contributed by atoms with van der Waals surface area (Å²) in [6, 6.07) is 9.02. The lowest BCUT2D eigenvalue weighted by molar-refractivity contribution is 0.161. The second-order valence-corrected chi connectivity index (χ2v) is 6.30. The minimum Gasteiger partial charge on any atom is -0.299 e. The van der Waals surface area contributed by atoms with Gasteiger partial charge in [0, 0.05) is 17.1 Å². The average molecular weight is 317 g/mol. The quantitative estimate of drug-likeness (QED) is 0.736. The molecule has 1 fully saturated rings. The van der Waals surface area contributed by atoms with Crippen molar-refractivity contribution in [1.29, 1.82) is 0 Å². The standard InChI is InChI=1S/C14H19BrClN/c1-11-4-2-3-9-17(11)10-14(16)12-5-7-13(15)8-6-12/h5-8,11,14H,2-4,9-10H2,1H3. The van der Waals surface area contributed by atoms with E-state index in [-0.39, 0.29) is 5.38 Å². The van der Waals surface area contributed by atoms with E-state index < -0.39 is 0 Å². The fourth-order valence-electron chi connectivity index (χ4n) is 2.41. The lowest BCUT2D eigenvalue weighted by atomic mass is 10.0. The van der Waals surface area contributed by atoms with Crippen LogP contribution in [-0.2, 0) is 0 Å². The zero-order valence-corrected chi connectivity index (χ0v) is 12.5. The van der Waals surface area contributed by atoms with Crippen LogP contribution >= 0.6 is 27.5 Å². The highest BCUT2D eigenvalue weighted by molar-refractivity contribution is 9.10. The van der Waals surface area contributed by atoms with Crippen LogP contribution in [0, 0.1) is 0 Å². The Bertz CT molecular complexity index is 352. The fraction of sp³-hybridized carbons (Fsp3) is 0.571. The van der Waals surface area contributed by atoms with Crippen molar-refractivity contribution in [3.63, 3.8) is 0 Å². The van der Waals surface area contributed by atoms with Crippen LogP contribution in [0.5, 0.6) is 0 Å². The zero-order valence-electron chi connectivity index (χ0n) is 10.2. The van der Waals surface area contributed by atoms with E-state index in [4.69, 9.17) is 11.6 Å². The van der Waals surface area contributed by atoms with Gasteiger partial charge in [-0.1, -0.05) is 34.5 Å². The first-order valence-corrected chi connectivity index (χ1v) is 7.53. The van der Waals surface area contributed by atoms with Gasteiger partial charge in [0.2, 0.25) is 0 Å². The van der Waals surface area contributed by atoms with Crippen molar-refractivity contribution in [3.8, 4) is 0 Å². The summed E-state index contributed by atoms with van der Waals surface area (Å²) in [4.78, 5) is 2.52. The molecule has 1 aliphatic rings. The molecule has 1 saturated heterocycles. The number of nitrogens with zero attached hydrogens (tertiary/aromatic N) is 1. The molecule has 1 aliphatic heterocycles. The van der Waals surface area contributed by atoms with Gasteiger partial charge >= 0.3 is 0 Å². The molecule has 94 valence electrons. The van der Waals surface area contributed by atoms with Gasteiger partial charge in [0.25, 0.3) is 0 Å². The largest absolute Gasteiger partial charge is 0.299 e.